The van der Waals surface area contributed by atoms with E-state index in [0.717, 1.165) is 37.0 Å². The standard InChI is InChI=1S/C45H54O6SSi/c1-45(2,3)53(34-20-9-7-10-21-34,35-22-11-8-12-23-35)51-39(42-31-33-19-15-16-25-41(33)52-42)29-28-36-37(24-13-5-6-14-26-43(47)48-4)40(32-38(36)46)50-44-27-17-18-30-49-44/h5,7-13,15-16,19-23,25,28-29,31,36-37,39-40,44H,6,14,17-18,24,26-27,30,32H2,1-4H3/t36-,37-,39?,40+,44?/m1/s1. The van der Waals surface area contributed by atoms with Gasteiger partial charge in [-0.1, -0.05) is 124 Å². The lowest BCUT2D eigenvalue weighted by molar-refractivity contribution is -0.194. The molecule has 0 N–H and O–H groups in total. The third-order valence-electron chi connectivity index (χ3n) is 10.7. The number of rotatable bonds is 15. The number of methoxy groups -OCH3 is 1. The Hall–Kier alpha value is -3.66. The maximum absolute atomic E-state index is 14.0. The van der Waals surface area contributed by atoms with Crippen molar-refractivity contribution in [3.8, 4) is 0 Å². The molecule has 2 fully saturated rings. The molecular weight excluding hydrogens is 697 g/mol. The van der Waals surface area contributed by atoms with Crippen LogP contribution in [0.15, 0.2) is 115 Å². The number of hydrogen-bond donors (Lipinski definition) is 0. The van der Waals surface area contributed by atoms with Gasteiger partial charge in [-0.25, -0.2) is 0 Å². The summed E-state index contributed by atoms with van der Waals surface area (Å²) in [5.74, 6) is -0.383. The minimum atomic E-state index is -2.96. The molecule has 280 valence electrons. The van der Waals surface area contributed by atoms with E-state index < -0.39 is 8.32 Å². The van der Waals surface area contributed by atoms with Crippen molar-refractivity contribution < 1.29 is 28.2 Å². The van der Waals surface area contributed by atoms with Gasteiger partial charge >= 0.3 is 5.97 Å². The average Bonchev–Trinajstić information content (AvgIpc) is 3.73. The SMILES string of the molecule is COC(=O)CCCC=CC[C@H]1[C@@H](OC2CCCCO2)CC(=O)[C@@H]1C=CC(O[Si](c1ccccc1)(c1ccccc1)C(C)(C)C)c1cc2ccccc2s1. The number of esters is 1. The lowest BCUT2D eigenvalue weighted by atomic mass is 9.90. The summed E-state index contributed by atoms with van der Waals surface area (Å²) in [4.78, 5) is 26.7. The Kier molecular flexibility index (Phi) is 13.3. The second kappa shape index (κ2) is 18.1. The monoisotopic (exact) mass is 750 g/mol. The predicted octanol–water partition coefficient (Wildman–Crippen LogP) is 9.48. The summed E-state index contributed by atoms with van der Waals surface area (Å²) in [6, 6.07) is 32.2. The van der Waals surface area contributed by atoms with Crippen LogP contribution < -0.4 is 10.4 Å². The van der Waals surface area contributed by atoms with Crippen molar-refractivity contribution in [3.63, 3.8) is 0 Å². The number of carbonyl (C=O) groups is 2. The van der Waals surface area contributed by atoms with Crippen molar-refractivity contribution in [2.24, 2.45) is 11.8 Å². The van der Waals surface area contributed by atoms with Gasteiger partial charge in [0.2, 0.25) is 0 Å². The Labute approximate surface area is 320 Å². The number of hydrogen-bond acceptors (Lipinski definition) is 7. The van der Waals surface area contributed by atoms with Gasteiger partial charge in [0, 0.05) is 40.9 Å². The molecule has 8 heteroatoms. The van der Waals surface area contributed by atoms with E-state index in [9.17, 15) is 9.59 Å². The molecule has 2 heterocycles. The van der Waals surface area contributed by atoms with Gasteiger partial charge in [-0.15, -0.1) is 11.3 Å². The van der Waals surface area contributed by atoms with E-state index in [1.54, 1.807) is 11.3 Å². The Morgan fingerprint density at radius 3 is 2.30 bits per heavy atom. The molecule has 0 amide bonds. The zero-order chi connectivity index (χ0) is 37.3. The van der Waals surface area contributed by atoms with Gasteiger partial charge in [0.1, 0.15) is 5.78 Å². The third kappa shape index (κ3) is 9.35. The molecule has 0 radical (unpaired) electrons. The molecule has 1 saturated heterocycles. The van der Waals surface area contributed by atoms with E-state index in [0.29, 0.717) is 25.9 Å². The van der Waals surface area contributed by atoms with Crippen LogP contribution in [0.5, 0.6) is 0 Å². The summed E-state index contributed by atoms with van der Waals surface area (Å²) in [5.41, 5.74) is 0. The molecule has 1 aromatic heterocycles. The number of ketones is 1. The highest BCUT2D eigenvalue weighted by Crippen LogP contribution is 2.43. The molecule has 0 spiro atoms. The van der Waals surface area contributed by atoms with Crippen molar-refractivity contribution in [1.29, 1.82) is 0 Å². The maximum Gasteiger partial charge on any atom is 0.305 e. The van der Waals surface area contributed by atoms with E-state index in [2.05, 4.69) is 136 Å². The number of allylic oxidation sites excluding steroid dienone is 3. The van der Waals surface area contributed by atoms with Crippen molar-refractivity contribution >= 4 is 51.9 Å². The minimum absolute atomic E-state index is 0.0444. The Bertz CT molecular complexity index is 1770. The highest BCUT2D eigenvalue weighted by atomic mass is 32.1. The molecule has 5 atom stereocenters. The van der Waals surface area contributed by atoms with E-state index in [4.69, 9.17) is 18.6 Å². The average molecular weight is 751 g/mol. The van der Waals surface area contributed by atoms with Crippen LogP contribution in [0.25, 0.3) is 10.1 Å². The van der Waals surface area contributed by atoms with Crippen molar-refractivity contribution in [1.82, 2.24) is 0 Å². The van der Waals surface area contributed by atoms with Crippen molar-refractivity contribution in [2.45, 2.75) is 95.7 Å². The second-order valence-electron chi connectivity index (χ2n) is 15.3. The largest absolute Gasteiger partial charge is 0.469 e. The summed E-state index contributed by atoms with van der Waals surface area (Å²) >= 11 is 1.76. The lowest BCUT2D eigenvalue weighted by Gasteiger charge is -2.44. The van der Waals surface area contributed by atoms with Gasteiger partial charge in [-0.3, -0.25) is 9.59 Å². The summed E-state index contributed by atoms with van der Waals surface area (Å²) in [6.45, 7) is 7.59. The molecule has 2 aliphatic rings. The first kappa shape index (κ1) is 39.0. The summed E-state index contributed by atoms with van der Waals surface area (Å²) in [6.07, 6.45) is 13.6. The molecule has 6 nitrogen and oxygen atoms in total. The molecule has 2 unspecified atom stereocenters. The number of fused-ring (bicyclic) bond motifs is 1. The Morgan fingerprint density at radius 1 is 0.962 bits per heavy atom. The zero-order valence-corrected chi connectivity index (χ0v) is 33.4. The minimum Gasteiger partial charge on any atom is -0.469 e. The van der Waals surface area contributed by atoms with Gasteiger partial charge in [0.25, 0.3) is 8.32 Å². The summed E-state index contributed by atoms with van der Waals surface area (Å²) in [7, 11) is -1.54. The summed E-state index contributed by atoms with van der Waals surface area (Å²) in [5, 5.41) is 3.39. The van der Waals surface area contributed by atoms with Crippen LogP contribution in [0.2, 0.25) is 5.04 Å². The van der Waals surface area contributed by atoms with Crippen LogP contribution in [-0.4, -0.2) is 46.2 Å². The second-order valence-corrected chi connectivity index (χ2v) is 20.6. The van der Waals surface area contributed by atoms with Crippen molar-refractivity contribution in [3.05, 3.63) is 120 Å². The lowest BCUT2D eigenvalue weighted by Crippen LogP contribution is -2.66. The van der Waals surface area contributed by atoms with Crippen LogP contribution in [0.3, 0.4) is 0 Å². The van der Waals surface area contributed by atoms with Crippen LogP contribution in [-0.2, 0) is 28.2 Å². The predicted molar refractivity (Wildman–Crippen MR) is 217 cm³/mol. The molecule has 4 aromatic rings. The first-order chi connectivity index (χ1) is 25.7. The maximum atomic E-state index is 14.0. The molecule has 1 saturated carbocycles. The molecule has 3 aromatic carbocycles. The molecule has 0 bridgehead atoms. The third-order valence-corrected chi connectivity index (χ3v) is 16.9. The smallest absolute Gasteiger partial charge is 0.305 e. The number of carbonyl (C=O) groups excluding carboxylic acids is 2. The summed E-state index contributed by atoms with van der Waals surface area (Å²) < 4.78 is 26.3. The fourth-order valence-corrected chi connectivity index (χ4v) is 13.7. The van der Waals surface area contributed by atoms with Crippen LogP contribution in [0, 0.1) is 11.8 Å². The Morgan fingerprint density at radius 2 is 1.66 bits per heavy atom. The molecule has 1 aliphatic carbocycles. The van der Waals surface area contributed by atoms with Crippen molar-refractivity contribution in [2.75, 3.05) is 13.7 Å². The highest BCUT2D eigenvalue weighted by molar-refractivity contribution is 7.19. The van der Waals surface area contributed by atoms with Gasteiger partial charge in [-0.05, 0) is 71.5 Å². The quantitative estimate of drug-likeness (QED) is 0.0522. The van der Waals surface area contributed by atoms with E-state index in [1.165, 1.54) is 27.6 Å². The topological polar surface area (TPSA) is 71.1 Å². The number of ether oxygens (including phenoxy) is 3. The van der Waals surface area contributed by atoms with E-state index >= 15 is 0 Å². The fourth-order valence-electron chi connectivity index (χ4n) is 7.94. The van der Waals surface area contributed by atoms with Crippen LogP contribution in [0.1, 0.15) is 83.1 Å². The first-order valence-electron chi connectivity index (χ1n) is 19.2. The number of benzene rings is 3. The molecule has 1 aliphatic heterocycles. The van der Waals surface area contributed by atoms with E-state index in [-0.39, 0.29) is 47.1 Å². The first-order valence-corrected chi connectivity index (χ1v) is 21.9. The normalized spacial score (nSPS) is 21.8. The van der Waals surface area contributed by atoms with Gasteiger partial charge < -0.3 is 18.6 Å². The van der Waals surface area contributed by atoms with Crippen LogP contribution in [0.4, 0.5) is 0 Å². The molecular formula is C45H54O6SSi. The molecule has 6 rings (SSSR count). The van der Waals surface area contributed by atoms with E-state index in [1.807, 2.05) is 0 Å². The number of Topliss-reactive ketones (excluding diaryl/α,β-unsaturated/α-hetero) is 1. The van der Waals surface area contributed by atoms with Gasteiger partial charge in [0.15, 0.2) is 6.29 Å². The highest BCUT2D eigenvalue weighted by Gasteiger charge is 2.52. The van der Waals surface area contributed by atoms with Crippen LogP contribution >= 0.6 is 11.3 Å². The Balaban J connectivity index is 1.37. The van der Waals surface area contributed by atoms with Gasteiger partial charge in [-0.2, -0.15) is 0 Å². The van der Waals surface area contributed by atoms with Gasteiger partial charge in [0.05, 0.1) is 19.3 Å². The number of thiophene rings is 1. The number of unbranched alkanes of at least 4 members (excludes halogenated alkanes) is 1. The fraction of sp³-hybridized carbons (Fsp3) is 0.422. The molecule has 53 heavy (non-hydrogen) atoms. The zero-order valence-electron chi connectivity index (χ0n) is 31.6.